The first-order chi connectivity index (χ1) is 8.91. The number of hydrogen-bond acceptors (Lipinski definition) is 3. The Morgan fingerprint density at radius 3 is 2.05 bits per heavy atom. The van der Waals surface area contributed by atoms with Crippen LogP contribution in [-0.2, 0) is 0 Å². The van der Waals surface area contributed by atoms with Crippen LogP contribution in [-0.4, -0.2) is 59.8 Å². The van der Waals surface area contributed by atoms with Gasteiger partial charge in [-0.05, 0) is 32.0 Å². The zero-order valence-corrected chi connectivity index (χ0v) is 11.6. The first-order valence-corrected chi connectivity index (χ1v) is 6.38. The van der Waals surface area contributed by atoms with E-state index in [0.717, 1.165) is 24.2 Å². The Kier molecular flexibility index (Phi) is 3.61. The second-order valence-corrected chi connectivity index (χ2v) is 5.08. The molecule has 1 aliphatic heterocycles. The minimum absolute atomic E-state index is 0.0544. The molecule has 104 valence electrons. The number of aromatic amines is 1. The molecule has 6 heteroatoms. The summed E-state index contributed by atoms with van der Waals surface area (Å²) < 4.78 is 0. The Morgan fingerprint density at radius 2 is 1.58 bits per heavy atom. The van der Waals surface area contributed by atoms with E-state index < -0.39 is 5.91 Å². The van der Waals surface area contributed by atoms with E-state index in [1.807, 2.05) is 18.9 Å². The molecule has 2 rings (SSSR count). The Hall–Kier alpha value is -1.82. The van der Waals surface area contributed by atoms with Crippen molar-refractivity contribution in [1.29, 1.82) is 0 Å². The molecule has 0 aliphatic carbocycles. The van der Waals surface area contributed by atoms with E-state index in [-0.39, 0.29) is 5.91 Å². The lowest BCUT2D eigenvalue weighted by atomic mass is 10.1. The number of amides is 2. The summed E-state index contributed by atoms with van der Waals surface area (Å²) in [5, 5.41) is 0. The maximum atomic E-state index is 12.4. The van der Waals surface area contributed by atoms with Gasteiger partial charge in [0.15, 0.2) is 0 Å². The maximum absolute atomic E-state index is 12.4. The highest BCUT2D eigenvalue weighted by Crippen LogP contribution is 2.19. The van der Waals surface area contributed by atoms with Crippen LogP contribution in [0.1, 0.15) is 32.1 Å². The van der Waals surface area contributed by atoms with E-state index in [1.54, 1.807) is 6.92 Å². The van der Waals surface area contributed by atoms with Crippen molar-refractivity contribution >= 4 is 11.8 Å². The standard InChI is InChI=1S/C13H20N4O2/c1-8-9(2)11(15-10(8)12(14)18)13(19)17-6-4-16(3)5-7-17/h15H,4-7H2,1-3H3,(H2,14,18). The Bertz CT molecular complexity index is 513. The molecule has 0 aromatic carbocycles. The number of aromatic nitrogens is 1. The molecule has 2 amide bonds. The first kappa shape index (κ1) is 13.6. The summed E-state index contributed by atoms with van der Waals surface area (Å²) in [5.41, 5.74) is 7.66. The molecule has 0 bridgehead atoms. The van der Waals surface area contributed by atoms with E-state index in [0.29, 0.717) is 24.5 Å². The lowest BCUT2D eigenvalue weighted by Gasteiger charge is -2.32. The Balaban J connectivity index is 2.24. The summed E-state index contributed by atoms with van der Waals surface area (Å²) in [6.45, 7) is 6.78. The molecule has 0 spiro atoms. The third kappa shape index (κ3) is 2.49. The highest BCUT2D eigenvalue weighted by atomic mass is 16.2. The van der Waals surface area contributed by atoms with Crippen LogP contribution in [0.2, 0.25) is 0 Å². The summed E-state index contributed by atoms with van der Waals surface area (Å²) in [4.78, 5) is 30.6. The third-order valence-corrected chi connectivity index (χ3v) is 3.81. The molecule has 2 heterocycles. The molecule has 1 fully saturated rings. The van der Waals surface area contributed by atoms with Crippen LogP contribution in [0.5, 0.6) is 0 Å². The smallest absolute Gasteiger partial charge is 0.270 e. The Labute approximate surface area is 112 Å². The average Bonchev–Trinajstić information content (AvgIpc) is 2.67. The monoisotopic (exact) mass is 264 g/mol. The summed E-state index contributed by atoms with van der Waals surface area (Å²) in [6, 6.07) is 0. The van der Waals surface area contributed by atoms with Crippen molar-refractivity contribution in [3.05, 3.63) is 22.5 Å². The largest absolute Gasteiger partial charge is 0.364 e. The summed E-state index contributed by atoms with van der Waals surface area (Å²) >= 11 is 0. The fourth-order valence-corrected chi connectivity index (χ4v) is 2.32. The number of piperazine rings is 1. The van der Waals surface area contributed by atoms with Crippen molar-refractivity contribution in [3.63, 3.8) is 0 Å². The molecule has 1 aromatic rings. The zero-order chi connectivity index (χ0) is 14.2. The molecule has 0 saturated carbocycles. The predicted octanol–water partition coefficient (Wildman–Crippen LogP) is 0.118. The zero-order valence-electron chi connectivity index (χ0n) is 11.6. The number of likely N-dealkylation sites (N-methyl/N-ethyl adjacent to an activating group) is 1. The van der Waals surface area contributed by atoms with Gasteiger partial charge < -0.3 is 20.5 Å². The summed E-state index contributed by atoms with van der Waals surface area (Å²) in [5.74, 6) is -0.584. The van der Waals surface area contributed by atoms with Gasteiger partial charge in [-0.3, -0.25) is 9.59 Å². The molecule has 1 aliphatic rings. The van der Waals surface area contributed by atoms with Gasteiger partial charge in [-0.2, -0.15) is 0 Å². The first-order valence-electron chi connectivity index (χ1n) is 6.38. The number of H-pyrrole nitrogens is 1. The minimum Gasteiger partial charge on any atom is -0.364 e. The van der Waals surface area contributed by atoms with Crippen molar-refractivity contribution in [2.45, 2.75) is 13.8 Å². The molecule has 1 aromatic heterocycles. The highest BCUT2D eigenvalue weighted by Gasteiger charge is 2.25. The Morgan fingerprint density at radius 1 is 1.05 bits per heavy atom. The fraction of sp³-hybridized carbons (Fsp3) is 0.538. The van der Waals surface area contributed by atoms with Crippen molar-refractivity contribution in [3.8, 4) is 0 Å². The van der Waals surface area contributed by atoms with Gasteiger partial charge in [0.1, 0.15) is 11.4 Å². The van der Waals surface area contributed by atoms with E-state index in [9.17, 15) is 9.59 Å². The van der Waals surface area contributed by atoms with Gasteiger partial charge in [-0.15, -0.1) is 0 Å². The number of nitrogens with two attached hydrogens (primary N) is 1. The number of primary amides is 1. The number of hydrogen-bond donors (Lipinski definition) is 2. The van der Waals surface area contributed by atoms with Crippen LogP contribution in [0.25, 0.3) is 0 Å². The third-order valence-electron chi connectivity index (χ3n) is 3.81. The van der Waals surface area contributed by atoms with Gasteiger partial charge in [0.05, 0.1) is 0 Å². The van der Waals surface area contributed by atoms with E-state index in [4.69, 9.17) is 5.73 Å². The normalized spacial score (nSPS) is 16.7. The molecule has 1 saturated heterocycles. The second-order valence-electron chi connectivity index (χ2n) is 5.08. The second kappa shape index (κ2) is 5.05. The summed E-state index contributed by atoms with van der Waals surface area (Å²) in [6.07, 6.45) is 0. The van der Waals surface area contributed by atoms with Gasteiger partial charge in [0.25, 0.3) is 11.8 Å². The quantitative estimate of drug-likeness (QED) is 0.796. The summed E-state index contributed by atoms with van der Waals surface area (Å²) in [7, 11) is 2.04. The van der Waals surface area contributed by atoms with Crippen LogP contribution in [0.15, 0.2) is 0 Å². The molecular weight excluding hydrogens is 244 g/mol. The van der Waals surface area contributed by atoms with Gasteiger partial charge in [-0.1, -0.05) is 0 Å². The predicted molar refractivity (Wildman–Crippen MR) is 72.2 cm³/mol. The van der Waals surface area contributed by atoms with Crippen LogP contribution in [0.4, 0.5) is 0 Å². The van der Waals surface area contributed by atoms with Crippen molar-refractivity contribution in [1.82, 2.24) is 14.8 Å². The van der Waals surface area contributed by atoms with Crippen LogP contribution >= 0.6 is 0 Å². The molecule has 3 N–H and O–H groups in total. The van der Waals surface area contributed by atoms with Gasteiger partial charge in [0.2, 0.25) is 0 Å². The molecular formula is C13H20N4O2. The van der Waals surface area contributed by atoms with E-state index >= 15 is 0 Å². The average molecular weight is 264 g/mol. The topological polar surface area (TPSA) is 82.4 Å². The highest BCUT2D eigenvalue weighted by molar-refractivity contribution is 5.99. The van der Waals surface area contributed by atoms with Crippen molar-refractivity contribution < 1.29 is 9.59 Å². The number of nitrogens with one attached hydrogen (secondary N) is 1. The number of carbonyl (C=O) groups excluding carboxylic acids is 2. The lowest BCUT2D eigenvalue weighted by molar-refractivity contribution is 0.0658. The molecule has 0 radical (unpaired) electrons. The minimum atomic E-state index is -0.530. The van der Waals surface area contributed by atoms with Crippen molar-refractivity contribution in [2.75, 3.05) is 33.2 Å². The van der Waals surface area contributed by atoms with Gasteiger partial charge in [-0.25, -0.2) is 0 Å². The van der Waals surface area contributed by atoms with E-state index in [2.05, 4.69) is 9.88 Å². The van der Waals surface area contributed by atoms with E-state index in [1.165, 1.54) is 0 Å². The molecule has 19 heavy (non-hydrogen) atoms. The molecule has 0 atom stereocenters. The molecule has 0 unspecified atom stereocenters. The number of nitrogens with zero attached hydrogens (tertiary/aromatic N) is 2. The number of carbonyl (C=O) groups is 2. The SMILES string of the molecule is Cc1c(C(N)=O)[nH]c(C(=O)N2CCN(C)CC2)c1C. The molecule has 6 nitrogen and oxygen atoms in total. The van der Waals surface area contributed by atoms with Crippen LogP contribution in [0, 0.1) is 13.8 Å². The van der Waals surface area contributed by atoms with Gasteiger partial charge in [0, 0.05) is 26.2 Å². The van der Waals surface area contributed by atoms with Crippen LogP contribution < -0.4 is 5.73 Å². The van der Waals surface area contributed by atoms with Crippen LogP contribution in [0.3, 0.4) is 0 Å². The maximum Gasteiger partial charge on any atom is 0.270 e. The fourth-order valence-electron chi connectivity index (χ4n) is 2.32. The van der Waals surface area contributed by atoms with Gasteiger partial charge >= 0.3 is 0 Å². The lowest BCUT2D eigenvalue weighted by Crippen LogP contribution is -2.47. The number of rotatable bonds is 2. The van der Waals surface area contributed by atoms with Crippen molar-refractivity contribution in [2.24, 2.45) is 5.73 Å².